The third-order valence-electron chi connectivity index (χ3n) is 1.78. The number of nitrogens with two attached hydrogens (primary N) is 2. The van der Waals surface area contributed by atoms with Crippen LogP contribution in [0.25, 0.3) is 0 Å². The van der Waals surface area contributed by atoms with Crippen LogP contribution in [-0.2, 0) is 4.74 Å². The third-order valence-corrected chi connectivity index (χ3v) is 1.78. The molecule has 0 saturated carbocycles. The van der Waals surface area contributed by atoms with Gasteiger partial charge in [-0.3, -0.25) is 0 Å². The number of aliphatic imine (C=N–C) groups is 1. The summed E-state index contributed by atoms with van der Waals surface area (Å²) in [5, 5.41) is 0. The summed E-state index contributed by atoms with van der Waals surface area (Å²) >= 11 is 0. The first-order valence-electron chi connectivity index (χ1n) is 5.00. The first kappa shape index (κ1) is 12.0. The number of esters is 1. The van der Waals surface area contributed by atoms with E-state index in [9.17, 15) is 4.79 Å². The molecule has 0 saturated heterocycles. The van der Waals surface area contributed by atoms with E-state index < -0.39 is 0 Å². The normalized spacial score (nSPS) is 9.56. The molecule has 5 heteroatoms. The summed E-state index contributed by atoms with van der Waals surface area (Å²) in [4.78, 5) is 15.4. The summed E-state index contributed by atoms with van der Waals surface area (Å²) in [7, 11) is 0. The van der Waals surface area contributed by atoms with Crippen molar-refractivity contribution in [3.63, 3.8) is 0 Å². The molecule has 0 bridgehead atoms. The maximum Gasteiger partial charge on any atom is 0.338 e. The zero-order valence-electron chi connectivity index (χ0n) is 9.14. The van der Waals surface area contributed by atoms with Crippen molar-refractivity contribution in [1.82, 2.24) is 0 Å². The van der Waals surface area contributed by atoms with Crippen molar-refractivity contribution < 1.29 is 9.53 Å². The Morgan fingerprint density at radius 2 is 2.19 bits per heavy atom. The summed E-state index contributed by atoms with van der Waals surface area (Å²) in [6, 6.07) is 6.64. The second kappa shape index (κ2) is 5.75. The molecule has 16 heavy (non-hydrogen) atoms. The van der Waals surface area contributed by atoms with Gasteiger partial charge in [0.15, 0.2) is 5.96 Å². The highest BCUT2D eigenvalue weighted by molar-refractivity contribution is 5.90. The average molecular weight is 221 g/mol. The lowest BCUT2D eigenvalue weighted by molar-refractivity contribution is 0.0505. The second-order valence-corrected chi connectivity index (χ2v) is 3.22. The van der Waals surface area contributed by atoms with Crippen molar-refractivity contribution in [1.29, 1.82) is 0 Å². The van der Waals surface area contributed by atoms with E-state index in [1.54, 1.807) is 24.3 Å². The van der Waals surface area contributed by atoms with E-state index >= 15 is 0 Å². The fourth-order valence-corrected chi connectivity index (χ4v) is 1.13. The van der Waals surface area contributed by atoms with E-state index in [-0.39, 0.29) is 11.9 Å². The highest BCUT2D eigenvalue weighted by Crippen LogP contribution is 2.14. The number of hydrogen-bond acceptors (Lipinski definition) is 3. The molecule has 0 amide bonds. The van der Waals surface area contributed by atoms with Crippen molar-refractivity contribution in [2.75, 3.05) is 6.61 Å². The Morgan fingerprint density at radius 3 is 2.81 bits per heavy atom. The fraction of sp³-hybridized carbons (Fsp3) is 0.273. The van der Waals surface area contributed by atoms with Gasteiger partial charge in [-0.2, -0.15) is 0 Å². The van der Waals surface area contributed by atoms with Crippen molar-refractivity contribution >= 4 is 17.6 Å². The fourth-order valence-electron chi connectivity index (χ4n) is 1.13. The van der Waals surface area contributed by atoms with Gasteiger partial charge in [-0.1, -0.05) is 13.0 Å². The van der Waals surface area contributed by atoms with Gasteiger partial charge in [-0.05, 0) is 24.6 Å². The topological polar surface area (TPSA) is 90.7 Å². The highest BCUT2D eigenvalue weighted by atomic mass is 16.5. The minimum absolute atomic E-state index is 0.0425. The Bertz CT molecular complexity index is 398. The molecular formula is C11H15N3O2. The minimum atomic E-state index is -0.366. The summed E-state index contributed by atoms with van der Waals surface area (Å²) in [6.07, 6.45) is 0.791. The molecule has 0 unspecified atom stereocenters. The number of carbonyl (C=O) groups is 1. The number of carbonyl (C=O) groups excluding carboxylic acids is 1. The van der Waals surface area contributed by atoms with E-state index in [2.05, 4.69) is 4.99 Å². The third kappa shape index (κ3) is 3.61. The number of guanidine groups is 1. The smallest absolute Gasteiger partial charge is 0.338 e. The van der Waals surface area contributed by atoms with Crippen molar-refractivity contribution in [3.05, 3.63) is 29.8 Å². The number of hydrogen-bond donors (Lipinski definition) is 2. The van der Waals surface area contributed by atoms with Gasteiger partial charge in [0, 0.05) is 0 Å². The number of rotatable bonds is 4. The Kier molecular flexibility index (Phi) is 4.32. The molecule has 0 spiro atoms. The van der Waals surface area contributed by atoms with Gasteiger partial charge >= 0.3 is 5.97 Å². The van der Waals surface area contributed by atoms with Crippen LogP contribution in [0.4, 0.5) is 5.69 Å². The Labute approximate surface area is 94.1 Å². The average Bonchev–Trinajstić information content (AvgIpc) is 2.25. The Balaban J connectivity index is 2.82. The van der Waals surface area contributed by atoms with Crippen LogP contribution in [0.5, 0.6) is 0 Å². The molecule has 0 radical (unpaired) electrons. The first-order chi connectivity index (χ1) is 7.63. The number of benzene rings is 1. The Hall–Kier alpha value is -2.04. The first-order valence-corrected chi connectivity index (χ1v) is 5.00. The van der Waals surface area contributed by atoms with Crippen LogP contribution in [0.2, 0.25) is 0 Å². The molecule has 0 aliphatic carbocycles. The van der Waals surface area contributed by atoms with Crippen LogP contribution in [-0.4, -0.2) is 18.5 Å². The maximum absolute atomic E-state index is 11.5. The zero-order chi connectivity index (χ0) is 12.0. The summed E-state index contributed by atoms with van der Waals surface area (Å²) in [5.74, 6) is -0.409. The SMILES string of the molecule is CCCOC(=O)c1cccc(N=C(N)N)c1. The van der Waals surface area contributed by atoms with Crippen molar-refractivity contribution in [3.8, 4) is 0 Å². The van der Waals surface area contributed by atoms with E-state index in [0.29, 0.717) is 17.9 Å². The molecule has 0 heterocycles. The van der Waals surface area contributed by atoms with Crippen molar-refractivity contribution in [2.24, 2.45) is 16.5 Å². The largest absolute Gasteiger partial charge is 0.462 e. The van der Waals surface area contributed by atoms with Gasteiger partial charge in [0.25, 0.3) is 0 Å². The minimum Gasteiger partial charge on any atom is -0.462 e. The van der Waals surface area contributed by atoms with Gasteiger partial charge in [-0.15, -0.1) is 0 Å². The standard InChI is InChI=1S/C11H15N3O2/c1-2-6-16-10(15)8-4-3-5-9(7-8)14-11(12)13/h3-5,7H,2,6H2,1H3,(H4,12,13,14). The van der Waals surface area contributed by atoms with E-state index in [4.69, 9.17) is 16.2 Å². The van der Waals surface area contributed by atoms with Crippen LogP contribution in [0.15, 0.2) is 29.3 Å². The van der Waals surface area contributed by atoms with Crippen molar-refractivity contribution in [2.45, 2.75) is 13.3 Å². The lowest BCUT2D eigenvalue weighted by Crippen LogP contribution is -2.21. The molecule has 1 rings (SSSR count). The molecular weight excluding hydrogens is 206 g/mol. The van der Waals surface area contributed by atoms with E-state index in [1.165, 1.54) is 0 Å². The van der Waals surface area contributed by atoms with E-state index in [0.717, 1.165) is 6.42 Å². The molecule has 5 nitrogen and oxygen atoms in total. The molecule has 0 fully saturated rings. The molecule has 0 aliphatic heterocycles. The molecule has 1 aromatic rings. The predicted molar refractivity (Wildman–Crippen MR) is 62.5 cm³/mol. The molecule has 0 aliphatic rings. The van der Waals surface area contributed by atoms with E-state index in [1.807, 2.05) is 6.92 Å². The van der Waals surface area contributed by atoms with Gasteiger partial charge in [-0.25, -0.2) is 9.79 Å². The second-order valence-electron chi connectivity index (χ2n) is 3.22. The van der Waals surface area contributed by atoms with Gasteiger partial charge in [0.1, 0.15) is 0 Å². The van der Waals surface area contributed by atoms with Crippen LogP contribution in [0, 0.1) is 0 Å². The number of ether oxygens (including phenoxy) is 1. The summed E-state index contributed by atoms with van der Waals surface area (Å²) in [6.45, 7) is 2.34. The summed E-state index contributed by atoms with van der Waals surface area (Å²) < 4.78 is 4.99. The van der Waals surface area contributed by atoms with Gasteiger partial charge in [0.2, 0.25) is 0 Å². The van der Waals surface area contributed by atoms with Gasteiger partial charge < -0.3 is 16.2 Å². The van der Waals surface area contributed by atoms with Crippen LogP contribution in [0.1, 0.15) is 23.7 Å². The maximum atomic E-state index is 11.5. The zero-order valence-corrected chi connectivity index (χ0v) is 9.14. The monoisotopic (exact) mass is 221 g/mol. The van der Waals surface area contributed by atoms with Crippen LogP contribution in [0.3, 0.4) is 0 Å². The molecule has 0 atom stereocenters. The lowest BCUT2D eigenvalue weighted by atomic mass is 10.2. The summed E-state index contributed by atoms with van der Waals surface area (Å²) in [5.41, 5.74) is 11.5. The lowest BCUT2D eigenvalue weighted by Gasteiger charge is -2.03. The van der Waals surface area contributed by atoms with Gasteiger partial charge in [0.05, 0.1) is 17.9 Å². The molecule has 4 N–H and O–H groups in total. The quantitative estimate of drug-likeness (QED) is 0.453. The molecule has 0 aromatic heterocycles. The number of nitrogens with zero attached hydrogens (tertiary/aromatic N) is 1. The molecule has 86 valence electrons. The molecule has 1 aromatic carbocycles. The van der Waals surface area contributed by atoms with Crippen LogP contribution < -0.4 is 11.5 Å². The van der Waals surface area contributed by atoms with Crippen LogP contribution >= 0.6 is 0 Å². The highest BCUT2D eigenvalue weighted by Gasteiger charge is 2.06. The predicted octanol–water partition coefficient (Wildman–Crippen LogP) is 1.16. The Morgan fingerprint density at radius 1 is 1.44 bits per heavy atom.